The van der Waals surface area contributed by atoms with E-state index in [-0.39, 0.29) is 12.1 Å². The van der Waals surface area contributed by atoms with E-state index in [1.54, 1.807) is 0 Å². The molecule has 0 aliphatic carbocycles. The molecule has 110 valence electrons. The Morgan fingerprint density at radius 1 is 1.40 bits per heavy atom. The van der Waals surface area contributed by atoms with Gasteiger partial charge in [-0.3, -0.25) is 9.69 Å². The number of nitrogens with zero attached hydrogens (tertiary/aromatic N) is 1. The van der Waals surface area contributed by atoms with Crippen LogP contribution in [-0.4, -0.2) is 43.8 Å². The van der Waals surface area contributed by atoms with Gasteiger partial charge in [-0.25, -0.2) is 0 Å². The Labute approximate surface area is 120 Å². The van der Waals surface area contributed by atoms with Crippen molar-refractivity contribution < 1.29 is 14.3 Å². The average molecular weight is 277 g/mol. The summed E-state index contributed by atoms with van der Waals surface area (Å²) in [6, 6.07) is 8.09. The minimum Gasteiger partial charge on any atom is -0.469 e. The van der Waals surface area contributed by atoms with E-state index in [0.717, 1.165) is 38.2 Å². The van der Waals surface area contributed by atoms with Gasteiger partial charge in [-0.1, -0.05) is 24.3 Å². The van der Waals surface area contributed by atoms with E-state index < -0.39 is 0 Å². The molecular weight excluding hydrogens is 254 g/mol. The van der Waals surface area contributed by atoms with Crippen LogP contribution < -0.4 is 0 Å². The number of benzene rings is 1. The van der Waals surface area contributed by atoms with Crippen LogP contribution in [0.15, 0.2) is 24.3 Å². The molecule has 0 aromatic heterocycles. The lowest BCUT2D eigenvalue weighted by Crippen LogP contribution is -2.30. The van der Waals surface area contributed by atoms with Gasteiger partial charge in [0.1, 0.15) is 0 Å². The number of ether oxygens (including phenoxy) is 2. The minimum atomic E-state index is -0.190. The third-order valence-corrected chi connectivity index (χ3v) is 3.61. The highest BCUT2D eigenvalue weighted by Gasteiger charge is 2.16. The third kappa shape index (κ3) is 4.32. The monoisotopic (exact) mass is 277 g/mol. The number of carbonyl (C=O) groups excluding carboxylic acids is 1. The molecule has 1 aromatic carbocycles. The summed E-state index contributed by atoms with van der Waals surface area (Å²) in [4.78, 5) is 13.9. The van der Waals surface area contributed by atoms with Gasteiger partial charge < -0.3 is 9.47 Å². The van der Waals surface area contributed by atoms with Gasteiger partial charge in [-0.05, 0) is 24.5 Å². The van der Waals surface area contributed by atoms with Gasteiger partial charge in [-0.2, -0.15) is 0 Å². The summed E-state index contributed by atoms with van der Waals surface area (Å²) in [6.07, 6.45) is 1.67. The van der Waals surface area contributed by atoms with E-state index in [1.807, 2.05) is 18.2 Å². The van der Waals surface area contributed by atoms with E-state index >= 15 is 0 Å². The fourth-order valence-corrected chi connectivity index (χ4v) is 2.58. The van der Waals surface area contributed by atoms with Crippen LogP contribution in [0.4, 0.5) is 0 Å². The Morgan fingerprint density at radius 2 is 2.15 bits per heavy atom. The maximum Gasteiger partial charge on any atom is 0.309 e. The lowest BCUT2D eigenvalue weighted by atomic mass is 10.0. The van der Waals surface area contributed by atoms with E-state index in [4.69, 9.17) is 9.47 Å². The Hall–Kier alpha value is -1.39. The third-order valence-electron chi connectivity index (χ3n) is 3.61. The molecule has 1 aliphatic rings. The van der Waals surface area contributed by atoms with Gasteiger partial charge in [0.2, 0.25) is 0 Å². The highest BCUT2D eigenvalue weighted by Crippen LogP contribution is 2.15. The summed E-state index contributed by atoms with van der Waals surface area (Å²) in [5, 5.41) is 0. The topological polar surface area (TPSA) is 38.8 Å². The van der Waals surface area contributed by atoms with Crippen LogP contribution >= 0.6 is 0 Å². The average Bonchev–Trinajstić information content (AvgIpc) is 2.65. The van der Waals surface area contributed by atoms with E-state index in [0.29, 0.717) is 6.42 Å². The zero-order chi connectivity index (χ0) is 14.4. The molecule has 1 aromatic rings. The molecule has 1 heterocycles. The van der Waals surface area contributed by atoms with Crippen molar-refractivity contribution in [1.29, 1.82) is 0 Å². The number of hydrogen-bond acceptors (Lipinski definition) is 4. The van der Waals surface area contributed by atoms with Crippen LogP contribution in [0.25, 0.3) is 0 Å². The van der Waals surface area contributed by atoms with Crippen LogP contribution in [0.3, 0.4) is 0 Å². The molecule has 0 spiro atoms. The van der Waals surface area contributed by atoms with Gasteiger partial charge in [0.15, 0.2) is 0 Å². The van der Waals surface area contributed by atoms with Gasteiger partial charge in [0.05, 0.1) is 19.6 Å². The first-order chi connectivity index (χ1) is 9.69. The van der Waals surface area contributed by atoms with E-state index in [1.165, 1.54) is 12.7 Å². The van der Waals surface area contributed by atoms with Gasteiger partial charge in [-0.15, -0.1) is 0 Å². The molecule has 20 heavy (non-hydrogen) atoms. The van der Waals surface area contributed by atoms with Crippen molar-refractivity contribution in [2.45, 2.75) is 32.4 Å². The zero-order valence-corrected chi connectivity index (χ0v) is 12.3. The summed E-state index contributed by atoms with van der Waals surface area (Å²) in [6.45, 7) is 5.78. The van der Waals surface area contributed by atoms with Crippen molar-refractivity contribution in [2.24, 2.45) is 0 Å². The predicted molar refractivity (Wildman–Crippen MR) is 77.5 cm³/mol. The molecule has 0 radical (unpaired) electrons. The molecule has 2 rings (SSSR count). The molecule has 0 amide bonds. The maximum absolute atomic E-state index is 11.5. The Kier molecular flexibility index (Phi) is 5.56. The number of carbonyl (C=O) groups is 1. The highest BCUT2D eigenvalue weighted by molar-refractivity contribution is 5.72. The van der Waals surface area contributed by atoms with Gasteiger partial charge in [0.25, 0.3) is 0 Å². The normalized spacial score (nSPS) is 20.4. The number of rotatable bonds is 4. The summed E-state index contributed by atoms with van der Waals surface area (Å²) >= 11 is 0. The molecule has 1 aliphatic heterocycles. The standard InChI is InChI=1S/C16H23NO3/c1-13-11-17(8-5-9-20-13)12-15-7-4-3-6-14(15)10-16(18)19-2/h3-4,6-7,13H,5,8-12H2,1-2H3. The summed E-state index contributed by atoms with van der Waals surface area (Å²) in [5.41, 5.74) is 2.25. The summed E-state index contributed by atoms with van der Waals surface area (Å²) in [5.74, 6) is -0.190. The molecule has 4 heteroatoms. The second-order valence-corrected chi connectivity index (χ2v) is 5.29. The van der Waals surface area contributed by atoms with Crippen molar-refractivity contribution in [1.82, 2.24) is 4.90 Å². The van der Waals surface area contributed by atoms with Crippen molar-refractivity contribution in [3.63, 3.8) is 0 Å². The SMILES string of the molecule is COC(=O)Cc1ccccc1CN1CCCOC(C)C1. The molecular formula is C16H23NO3. The fourth-order valence-electron chi connectivity index (χ4n) is 2.58. The molecule has 0 N–H and O–H groups in total. The second-order valence-electron chi connectivity index (χ2n) is 5.29. The molecule has 0 bridgehead atoms. The van der Waals surface area contributed by atoms with Crippen LogP contribution in [0.1, 0.15) is 24.5 Å². The largest absolute Gasteiger partial charge is 0.469 e. The summed E-state index contributed by atoms with van der Waals surface area (Å²) in [7, 11) is 1.43. The fraction of sp³-hybridized carbons (Fsp3) is 0.562. The predicted octanol–water partition coefficient (Wildman–Crippen LogP) is 2.01. The quantitative estimate of drug-likeness (QED) is 0.789. The van der Waals surface area contributed by atoms with E-state index in [9.17, 15) is 4.79 Å². The second kappa shape index (κ2) is 7.41. The van der Waals surface area contributed by atoms with Crippen molar-refractivity contribution >= 4 is 5.97 Å². The van der Waals surface area contributed by atoms with Crippen molar-refractivity contribution in [2.75, 3.05) is 26.8 Å². The van der Waals surface area contributed by atoms with Crippen LogP contribution in [-0.2, 0) is 27.2 Å². The number of hydrogen-bond donors (Lipinski definition) is 0. The molecule has 4 nitrogen and oxygen atoms in total. The van der Waals surface area contributed by atoms with Crippen LogP contribution in [0.2, 0.25) is 0 Å². The molecule has 1 fully saturated rings. The first-order valence-electron chi connectivity index (χ1n) is 7.16. The first-order valence-corrected chi connectivity index (χ1v) is 7.16. The first kappa shape index (κ1) is 15.0. The minimum absolute atomic E-state index is 0.190. The Bertz CT molecular complexity index is 447. The lowest BCUT2D eigenvalue weighted by molar-refractivity contribution is -0.139. The lowest BCUT2D eigenvalue weighted by Gasteiger charge is -2.23. The van der Waals surface area contributed by atoms with Crippen molar-refractivity contribution in [3.8, 4) is 0 Å². The van der Waals surface area contributed by atoms with Gasteiger partial charge >= 0.3 is 5.97 Å². The maximum atomic E-state index is 11.5. The van der Waals surface area contributed by atoms with E-state index in [2.05, 4.69) is 17.9 Å². The Morgan fingerprint density at radius 3 is 2.90 bits per heavy atom. The molecule has 1 saturated heterocycles. The van der Waals surface area contributed by atoms with Crippen LogP contribution in [0.5, 0.6) is 0 Å². The van der Waals surface area contributed by atoms with Gasteiger partial charge in [0, 0.05) is 26.2 Å². The smallest absolute Gasteiger partial charge is 0.309 e. The molecule has 1 atom stereocenters. The van der Waals surface area contributed by atoms with Crippen LogP contribution in [0, 0.1) is 0 Å². The van der Waals surface area contributed by atoms with Crippen molar-refractivity contribution in [3.05, 3.63) is 35.4 Å². The molecule has 0 saturated carbocycles. The zero-order valence-electron chi connectivity index (χ0n) is 12.3. The summed E-state index contributed by atoms with van der Waals surface area (Å²) < 4.78 is 10.4. The Balaban J connectivity index is 2.06. The highest BCUT2D eigenvalue weighted by atomic mass is 16.5. The number of methoxy groups -OCH3 is 1. The molecule has 1 unspecified atom stereocenters. The number of esters is 1.